The van der Waals surface area contributed by atoms with E-state index in [1.165, 1.54) is 6.92 Å². The SMILES string of the molecule is CC(O)CO.OCCN(CCO)CCO. The van der Waals surface area contributed by atoms with Gasteiger partial charge in [0.2, 0.25) is 0 Å². The standard InChI is InChI=1S/C6H15NO3.C3H8O2/c8-4-1-7(2-5-9)3-6-10;1-3(5)2-4/h8-10H,1-6H2;3-5H,2H2,1H3. The molecule has 0 saturated heterocycles. The van der Waals surface area contributed by atoms with E-state index in [0.717, 1.165) is 0 Å². The van der Waals surface area contributed by atoms with E-state index >= 15 is 0 Å². The average Bonchev–Trinajstić information content (AvgIpc) is 2.20. The third kappa shape index (κ3) is 16.4. The first-order valence-electron chi connectivity index (χ1n) is 4.96. The van der Waals surface area contributed by atoms with Gasteiger partial charge in [0.25, 0.3) is 0 Å². The van der Waals surface area contributed by atoms with Gasteiger partial charge in [0.15, 0.2) is 0 Å². The maximum atomic E-state index is 8.48. The van der Waals surface area contributed by atoms with Crippen molar-refractivity contribution >= 4 is 0 Å². The van der Waals surface area contributed by atoms with Crippen molar-refractivity contribution in [1.82, 2.24) is 4.90 Å². The Morgan fingerprint density at radius 2 is 1.13 bits per heavy atom. The van der Waals surface area contributed by atoms with Crippen LogP contribution in [0.3, 0.4) is 0 Å². The van der Waals surface area contributed by atoms with Gasteiger partial charge in [-0.05, 0) is 6.92 Å². The summed E-state index contributed by atoms with van der Waals surface area (Å²) >= 11 is 0. The fraction of sp³-hybridized carbons (Fsp3) is 1.00. The molecule has 0 aliphatic heterocycles. The summed E-state index contributed by atoms with van der Waals surface area (Å²) < 4.78 is 0. The summed E-state index contributed by atoms with van der Waals surface area (Å²) in [4.78, 5) is 1.79. The highest BCUT2D eigenvalue weighted by Gasteiger charge is 2.00. The molecule has 0 aromatic carbocycles. The fourth-order valence-corrected chi connectivity index (χ4v) is 0.760. The van der Waals surface area contributed by atoms with Crippen LogP contribution < -0.4 is 0 Å². The van der Waals surface area contributed by atoms with Crippen molar-refractivity contribution in [2.24, 2.45) is 0 Å². The van der Waals surface area contributed by atoms with Crippen LogP contribution >= 0.6 is 0 Å². The highest BCUT2D eigenvalue weighted by Crippen LogP contribution is 1.84. The minimum absolute atomic E-state index is 0.0694. The summed E-state index contributed by atoms with van der Waals surface area (Å²) in [6.45, 7) is 3.14. The van der Waals surface area contributed by atoms with Crippen molar-refractivity contribution in [3.05, 3.63) is 0 Å². The van der Waals surface area contributed by atoms with E-state index in [4.69, 9.17) is 25.5 Å². The van der Waals surface area contributed by atoms with E-state index in [1.807, 2.05) is 0 Å². The molecular weight excluding hydrogens is 202 g/mol. The Labute approximate surface area is 90.4 Å². The van der Waals surface area contributed by atoms with Crippen LogP contribution in [0.25, 0.3) is 0 Å². The Kier molecular flexibility index (Phi) is 15.7. The smallest absolute Gasteiger partial charge is 0.0742 e. The Morgan fingerprint density at radius 1 is 0.867 bits per heavy atom. The molecule has 0 rings (SSSR count). The second-order valence-electron chi connectivity index (χ2n) is 3.04. The zero-order valence-corrected chi connectivity index (χ0v) is 9.21. The minimum atomic E-state index is -0.560. The summed E-state index contributed by atoms with van der Waals surface area (Å²) in [5.41, 5.74) is 0. The van der Waals surface area contributed by atoms with Crippen LogP contribution in [0.15, 0.2) is 0 Å². The van der Waals surface area contributed by atoms with E-state index < -0.39 is 6.10 Å². The van der Waals surface area contributed by atoms with Crippen molar-refractivity contribution < 1.29 is 25.5 Å². The zero-order valence-electron chi connectivity index (χ0n) is 9.21. The lowest BCUT2D eigenvalue weighted by Gasteiger charge is -2.17. The van der Waals surface area contributed by atoms with Crippen LogP contribution in [0.5, 0.6) is 0 Å². The molecule has 0 aromatic rings. The third-order valence-corrected chi connectivity index (χ3v) is 1.51. The highest BCUT2D eigenvalue weighted by molar-refractivity contribution is 4.54. The molecular formula is C9H23NO5. The number of aliphatic hydroxyl groups excluding tert-OH is 5. The first-order chi connectivity index (χ1) is 7.12. The Morgan fingerprint density at radius 3 is 1.27 bits per heavy atom. The topological polar surface area (TPSA) is 104 Å². The maximum Gasteiger partial charge on any atom is 0.0742 e. The molecule has 0 spiro atoms. The summed E-state index contributed by atoms with van der Waals surface area (Å²) in [6.07, 6.45) is -0.560. The normalized spacial score (nSPS) is 12.2. The van der Waals surface area contributed by atoms with Gasteiger partial charge < -0.3 is 25.5 Å². The van der Waals surface area contributed by atoms with E-state index in [9.17, 15) is 0 Å². The highest BCUT2D eigenvalue weighted by atomic mass is 16.3. The molecule has 1 atom stereocenters. The molecule has 6 nitrogen and oxygen atoms in total. The van der Waals surface area contributed by atoms with Gasteiger partial charge in [-0.3, -0.25) is 4.90 Å². The van der Waals surface area contributed by atoms with Gasteiger partial charge in [0.1, 0.15) is 0 Å². The van der Waals surface area contributed by atoms with Crippen LogP contribution in [0.2, 0.25) is 0 Å². The summed E-state index contributed by atoms with van der Waals surface area (Å²) in [6, 6.07) is 0. The predicted octanol–water partition coefficient (Wildman–Crippen LogP) is -2.38. The average molecular weight is 225 g/mol. The molecule has 0 bridgehead atoms. The lowest BCUT2D eigenvalue weighted by molar-refractivity contribution is 0.110. The molecule has 0 heterocycles. The Bertz CT molecular complexity index is 98.4. The van der Waals surface area contributed by atoms with Gasteiger partial charge >= 0.3 is 0 Å². The Balaban J connectivity index is 0. The molecule has 0 aromatic heterocycles. The van der Waals surface area contributed by atoms with Crippen LogP contribution in [-0.4, -0.2) is 82.6 Å². The van der Waals surface area contributed by atoms with Gasteiger partial charge in [0.05, 0.1) is 32.5 Å². The molecule has 94 valence electrons. The zero-order chi connectivity index (χ0) is 12.1. The van der Waals surface area contributed by atoms with Gasteiger partial charge in [-0.25, -0.2) is 0 Å². The van der Waals surface area contributed by atoms with Crippen LogP contribution in [0.4, 0.5) is 0 Å². The number of hydrogen-bond donors (Lipinski definition) is 5. The first-order valence-corrected chi connectivity index (χ1v) is 4.96. The van der Waals surface area contributed by atoms with E-state index in [-0.39, 0.29) is 26.4 Å². The quantitative estimate of drug-likeness (QED) is 0.331. The van der Waals surface area contributed by atoms with Gasteiger partial charge in [0, 0.05) is 19.6 Å². The molecule has 5 N–H and O–H groups in total. The van der Waals surface area contributed by atoms with Gasteiger partial charge in [-0.15, -0.1) is 0 Å². The van der Waals surface area contributed by atoms with Crippen molar-refractivity contribution in [2.45, 2.75) is 13.0 Å². The van der Waals surface area contributed by atoms with Gasteiger partial charge in [-0.1, -0.05) is 0 Å². The van der Waals surface area contributed by atoms with Crippen molar-refractivity contribution in [2.75, 3.05) is 46.1 Å². The molecule has 6 heteroatoms. The predicted molar refractivity (Wildman–Crippen MR) is 56.5 cm³/mol. The number of aliphatic hydroxyl groups is 5. The monoisotopic (exact) mass is 225 g/mol. The molecule has 0 amide bonds. The maximum absolute atomic E-state index is 8.48. The number of rotatable bonds is 7. The Hall–Kier alpha value is -0.240. The van der Waals surface area contributed by atoms with Gasteiger partial charge in [-0.2, -0.15) is 0 Å². The van der Waals surface area contributed by atoms with Crippen LogP contribution in [-0.2, 0) is 0 Å². The minimum Gasteiger partial charge on any atom is -0.395 e. The number of nitrogens with zero attached hydrogens (tertiary/aromatic N) is 1. The molecule has 0 fully saturated rings. The summed E-state index contributed by atoms with van der Waals surface area (Å²) in [7, 11) is 0. The lowest BCUT2D eigenvalue weighted by atomic mass is 10.4. The summed E-state index contributed by atoms with van der Waals surface area (Å²) in [5.74, 6) is 0. The number of hydrogen-bond acceptors (Lipinski definition) is 6. The van der Waals surface area contributed by atoms with Crippen molar-refractivity contribution in [1.29, 1.82) is 0 Å². The second kappa shape index (κ2) is 13.8. The van der Waals surface area contributed by atoms with E-state index in [0.29, 0.717) is 19.6 Å². The third-order valence-electron chi connectivity index (χ3n) is 1.51. The van der Waals surface area contributed by atoms with Crippen LogP contribution in [0.1, 0.15) is 6.92 Å². The molecule has 1 unspecified atom stereocenters. The molecule has 0 radical (unpaired) electrons. The summed E-state index contributed by atoms with van der Waals surface area (Å²) in [5, 5.41) is 41.5. The largest absolute Gasteiger partial charge is 0.395 e. The molecule has 15 heavy (non-hydrogen) atoms. The van der Waals surface area contributed by atoms with E-state index in [1.54, 1.807) is 4.90 Å². The fourth-order valence-electron chi connectivity index (χ4n) is 0.760. The van der Waals surface area contributed by atoms with E-state index in [2.05, 4.69) is 0 Å². The van der Waals surface area contributed by atoms with Crippen LogP contribution in [0, 0.1) is 0 Å². The van der Waals surface area contributed by atoms with Crippen molar-refractivity contribution in [3.8, 4) is 0 Å². The molecule has 0 saturated carbocycles. The molecule has 0 aliphatic carbocycles. The second-order valence-corrected chi connectivity index (χ2v) is 3.04. The first kappa shape index (κ1) is 17.2. The molecule has 0 aliphatic rings. The lowest BCUT2D eigenvalue weighted by Crippen LogP contribution is -2.32. The van der Waals surface area contributed by atoms with Crippen molar-refractivity contribution in [3.63, 3.8) is 0 Å².